The molecule has 2 aromatic rings. The molecule has 5 nitrogen and oxygen atoms in total. The number of thiazole rings is 1. The molecule has 1 saturated heterocycles. The number of alkyl halides is 3. The van der Waals surface area contributed by atoms with E-state index < -0.39 is 11.9 Å². The Morgan fingerprint density at radius 3 is 2.62 bits per heavy atom. The maximum absolute atomic E-state index is 12.7. The summed E-state index contributed by atoms with van der Waals surface area (Å²) in [5, 5.41) is 8.39. The number of hydrogen-bond acceptors (Lipinski definition) is 4. The average molecular weight is 447 g/mol. The van der Waals surface area contributed by atoms with E-state index in [1.165, 1.54) is 0 Å². The van der Waals surface area contributed by atoms with Gasteiger partial charge in [-0.3, -0.25) is 4.99 Å². The summed E-state index contributed by atoms with van der Waals surface area (Å²) in [5.74, 6) is 0.492. The molecular formula is C19H22ClF3N4OS. The van der Waals surface area contributed by atoms with Crippen LogP contribution in [0.4, 0.5) is 13.2 Å². The zero-order chi connectivity index (χ0) is 20.9. The highest BCUT2D eigenvalue weighted by Crippen LogP contribution is 2.38. The monoisotopic (exact) mass is 446 g/mol. The largest absolute Gasteiger partial charge is 0.434 e. The topological polar surface area (TPSA) is 58.5 Å². The van der Waals surface area contributed by atoms with Gasteiger partial charge in [0.2, 0.25) is 0 Å². The molecule has 0 spiro atoms. The molecular weight excluding hydrogens is 425 g/mol. The molecule has 0 unspecified atom stereocenters. The first-order chi connectivity index (χ1) is 13.8. The van der Waals surface area contributed by atoms with Crippen LogP contribution < -0.4 is 10.6 Å². The Balaban J connectivity index is 1.65. The van der Waals surface area contributed by atoms with Gasteiger partial charge >= 0.3 is 6.18 Å². The Hall–Kier alpha value is -1.84. The van der Waals surface area contributed by atoms with Crippen LogP contribution in [0.5, 0.6) is 0 Å². The molecule has 10 heteroatoms. The summed E-state index contributed by atoms with van der Waals surface area (Å²) in [7, 11) is 1.62. The lowest BCUT2D eigenvalue weighted by Crippen LogP contribution is -2.48. The van der Waals surface area contributed by atoms with Crippen LogP contribution in [0, 0.1) is 0 Å². The molecule has 0 atom stereocenters. The number of ether oxygens (including phenoxy) is 1. The number of benzene rings is 1. The van der Waals surface area contributed by atoms with Crippen LogP contribution in [0.3, 0.4) is 0 Å². The molecule has 0 amide bonds. The Labute approximate surface area is 176 Å². The summed E-state index contributed by atoms with van der Waals surface area (Å²) in [4.78, 5) is 7.80. The van der Waals surface area contributed by atoms with Crippen molar-refractivity contribution in [2.24, 2.45) is 4.99 Å². The van der Waals surface area contributed by atoms with Gasteiger partial charge in [0, 0.05) is 42.6 Å². The van der Waals surface area contributed by atoms with E-state index in [2.05, 4.69) is 20.6 Å². The number of rotatable bonds is 5. The minimum absolute atomic E-state index is 0.155. The average Bonchev–Trinajstić information content (AvgIpc) is 3.19. The highest BCUT2D eigenvalue weighted by molar-refractivity contribution is 7.09. The normalized spacial score (nSPS) is 17.2. The van der Waals surface area contributed by atoms with Crippen LogP contribution in [0.15, 0.2) is 34.6 Å². The van der Waals surface area contributed by atoms with Crippen molar-refractivity contribution in [3.05, 3.63) is 50.9 Å². The van der Waals surface area contributed by atoms with Gasteiger partial charge in [0.05, 0.1) is 6.54 Å². The van der Waals surface area contributed by atoms with Crippen LogP contribution in [-0.2, 0) is 22.9 Å². The van der Waals surface area contributed by atoms with Gasteiger partial charge in [-0.2, -0.15) is 13.2 Å². The van der Waals surface area contributed by atoms with Crippen molar-refractivity contribution < 1.29 is 17.9 Å². The predicted octanol–water partition coefficient (Wildman–Crippen LogP) is 4.23. The van der Waals surface area contributed by atoms with Crippen molar-refractivity contribution in [3.63, 3.8) is 0 Å². The van der Waals surface area contributed by atoms with E-state index in [1.54, 1.807) is 7.05 Å². The van der Waals surface area contributed by atoms with Gasteiger partial charge in [0.25, 0.3) is 0 Å². The second-order valence-corrected chi connectivity index (χ2v) is 8.13. The zero-order valence-corrected chi connectivity index (χ0v) is 17.4. The first kappa shape index (κ1) is 21.9. The van der Waals surface area contributed by atoms with Gasteiger partial charge in [0.1, 0.15) is 5.01 Å². The fourth-order valence-electron chi connectivity index (χ4n) is 3.35. The van der Waals surface area contributed by atoms with E-state index >= 15 is 0 Å². The molecule has 0 radical (unpaired) electrons. The smallest absolute Gasteiger partial charge is 0.381 e. The third-order valence-electron chi connectivity index (χ3n) is 4.96. The summed E-state index contributed by atoms with van der Waals surface area (Å²) in [6.45, 7) is 2.00. The van der Waals surface area contributed by atoms with Crippen molar-refractivity contribution in [1.29, 1.82) is 0 Å². The quantitative estimate of drug-likeness (QED) is 0.533. The van der Waals surface area contributed by atoms with Crippen LogP contribution in [0.1, 0.15) is 29.1 Å². The van der Waals surface area contributed by atoms with Crippen molar-refractivity contribution in [2.45, 2.75) is 31.0 Å². The van der Waals surface area contributed by atoms with Gasteiger partial charge in [-0.25, -0.2) is 4.98 Å². The van der Waals surface area contributed by atoms with Gasteiger partial charge in [-0.1, -0.05) is 29.8 Å². The number of guanidine groups is 1. The lowest BCUT2D eigenvalue weighted by molar-refractivity contribution is -0.140. The summed E-state index contributed by atoms with van der Waals surface area (Å²) in [6, 6.07) is 7.77. The van der Waals surface area contributed by atoms with Gasteiger partial charge in [0.15, 0.2) is 11.7 Å². The van der Waals surface area contributed by atoms with Gasteiger partial charge in [-0.15, -0.1) is 11.3 Å². The predicted molar refractivity (Wildman–Crippen MR) is 109 cm³/mol. The fourth-order valence-corrected chi connectivity index (χ4v) is 4.43. The summed E-state index contributed by atoms with van der Waals surface area (Å²) in [5.41, 5.74) is -0.0245. The van der Waals surface area contributed by atoms with Crippen LogP contribution in [0.2, 0.25) is 5.02 Å². The third-order valence-corrected chi connectivity index (χ3v) is 6.14. The van der Waals surface area contributed by atoms with Crippen LogP contribution >= 0.6 is 22.9 Å². The minimum atomic E-state index is -4.43. The summed E-state index contributed by atoms with van der Waals surface area (Å²) >= 11 is 7.43. The van der Waals surface area contributed by atoms with E-state index in [4.69, 9.17) is 16.3 Å². The molecule has 2 N–H and O–H groups in total. The van der Waals surface area contributed by atoms with E-state index in [0.717, 1.165) is 35.1 Å². The number of aromatic nitrogens is 1. The number of nitrogens with one attached hydrogen (secondary N) is 2. The fraction of sp³-hybridized carbons (Fsp3) is 0.474. The molecule has 1 aromatic carbocycles. The van der Waals surface area contributed by atoms with Crippen LogP contribution in [-0.4, -0.2) is 37.7 Å². The van der Waals surface area contributed by atoms with Crippen molar-refractivity contribution >= 4 is 28.9 Å². The lowest BCUT2D eigenvalue weighted by Gasteiger charge is -2.38. The van der Waals surface area contributed by atoms with E-state index in [1.807, 2.05) is 24.3 Å². The molecule has 0 aliphatic carbocycles. The summed E-state index contributed by atoms with van der Waals surface area (Å²) in [6.07, 6.45) is -2.82. The van der Waals surface area contributed by atoms with Crippen molar-refractivity contribution in [1.82, 2.24) is 15.6 Å². The second kappa shape index (κ2) is 9.32. The molecule has 1 aromatic heterocycles. The van der Waals surface area contributed by atoms with E-state index in [-0.39, 0.29) is 12.0 Å². The molecule has 3 rings (SSSR count). The number of nitrogens with zero attached hydrogens (tertiary/aromatic N) is 2. The summed E-state index contributed by atoms with van der Waals surface area (Å²) < 4.78 is 43.6. The Morgan fingerprint density at radius 2 is 2.00 bits per heavy atom. The van der Waals surface area contributed by atoms with E-state index in [9.17, 15) is 13.2 Å². The molecule has 0 saturated carbocycles. The SMILES string of the molecule is CN=C(NCc1nc(C(F)(F)F)cs1)NCC1(c2ccccc2Cl)CCOCC1. The minimum Gasteiger partial charge on any atom is -0.381 e. The molecule has 0 bridgehead atoms. The van der Waals surface area contributed by atoms with Gasteiger partial charge < -0.3 is 15.4 Å². The van der Waals surface area contributed by atoms with Gasteiger partial charge in [-0.05, 0) is 24.5 Å². The van der Waals surface area contributed by atoms with Crippen LogP contribution in [0.25, 0.3) is 0 Å². The first-order valence-corrected chi connectivity index (χ1v) is 10.4. The van der Waals surface area contributed by atoms with Crippen molar-refractivity contribution in [2.75, 3.05) is 26.8 Å². The van der Waals surface area contributed by atoms with E-state index in [0.29, 0.717) is 35.7 Å². The molecule has 1 aliphatic heterocycles. The lowest BCUT2D eigenvalue weighted by atomic mass is 9.74. The zero-order valence-electron chi connectivity index (χ0n) is 15.9. The highest BCUT2D eigenvalue weighted by atomic mass is 35.5. The molecule has 1 aliphatic rings. The number of hydrogen-bond donors (Lipinski definition) is 2. The Bertz CT molecular complexity index is 850. The molecule has 158 valence electrons. The second-order valence-electron chi connectivity index (χ2n) is 6.78. The number of halogens is 4. The molecule has 29 heavy (non-hydrogen) atoms. The van der Waals surface area contributed by atoms with Crippen molar-refractivity contribution in [3.8, 4) is 0 Å². The maximum Gasteiger partial charge on any atom is 0.434 e. The maximum atomic E-state index is 12.7. The molecule has 2 heterocycles. The Kier molecular flexibility index (Phi) is 7.02. The third kappa shape index (κ3) is 5.40. The number of aliphatic imine (C=N–C) groups is 1. The standard InChI is InChI=1S/C19H22ClF3N4OS/c1-24-17(25-10-16-27-15(11-29-16)19(21,22)23)26-12-18(6-8-28-9-7-18)13-4-2-3-5-14(13)20/h2-5,11H,6-10,12H2,1H3,(H2,24,25,26). The first-order valence-electron chi connectivity index (χ1n) is 9.13. The Morgan fingerprint density at radius 1 is 1.28 bits per heavy atom. The molecule has 1 fully saturated rings. The highest BCUT2D eigenvalue weighted by Gasteiger charge is 2.36.